The third-order valence-electron chi connectivity index (χ3n) is 3.03. The molecule has 0 radical (unpaired) electrons. The summed E-state index contributed by atoms with van der Waals surface area (Å²) in [6.45, 7) is 2.33. The molecule has 82 valence electrons. The van der Waals surface area contributed by atoms with Crippen LogP contribution >= 0.6 is 11.6 Å². The Bertz CT molecular complexity index is 327. The number of aromatic nitrogens is 1. The molecule has 1 fully saturated rings. The largest absolute Gasteiger partial charge is 0.382 e. The third-order valence-corrected chi connectivity index (χ3v) is 3.24. The van der Waals surface area contributed by atoms with Crippen LogP contribution in [0, 0.1) is 5.92 Å². The summed E-state index contributed by atoms with van der Waals surface area (Å²) >= 11 is 5.84. The highest BCUT2D eigenvalue weighted by molar-refractivity contribution is 6.29. The maximum atomic E-state index is 5.84. The van der Waals surface area contributed by atoms with Crippen molar-refractivity contribution in [3.8, 4) is 0 Å². The number of pyridine rings is 1. The first-order valence-corrected chi connectivity index (χ1v) is 6.00. The Labute approximate surface area is 96.1 Å². The Kier molecular flexibility index (Phi) is 3.47. The second kappa shape index (κ2) is 4.84. The number of nitrogens with zero attached hydrogens (tertiary/aromatic N) is 1. The van der Waals surface area contributed by atoms with Crippen molar-refractivity contribution in [2.24, 2.45) is 5.92 Å². The highest BCUT2D eigenvalue weighted by atomic mass is 35.5. The number of nitrogens with one attached hydrogen (secondary N) is 1. The summed E-state index contributed by atoms with van der Waals surface area (Å²) in [5, 5.41) is 4.09. The zero-order valence-corrected chi connectivity index (χ0v) is 9.80. The standard InChI is InChI=1S/C12H17ClN2/c1-9-3-2-4-10(7-9)15-11-5-6-14-12(13)8-11/h5-6,8-10H,2-4,7H2,1H3,(H,14,15). The van der Waals surface area contributed by atoms with E-state index in [2.05, 4.69) is 17.2 Å². The molecule has 15 heavy (non-hydrogen) atoms. The van der Waals surface area contributed by atoms with Crippen molar-refractivity contribution in [2.75, 3.05) is 5.32 Å². The van der Waals surface area contributed by atoms with E-state index < -0.39 is 0 Å². The van der Waals surface area contributed by atoms with Crippen LogP contribution in [0.5, 0.6) is 0 Å². The molecule has 0 saturated heterocycles. The van der Waals surface area contributed by atoms with Crippen molar-refractivity contribution in [1.29, 1.82) is 0 Å². The van der Waals surface area contributed by atoms with Crippen molar-refractivity contribution >= 4 is 17.3 Å². The highest BCUT2D eigenvalue weighted by Gasteiger charge is 2.18. The Morgan fingerprint density at radius 1 is 1.47 bits per heavy atom. The minimum absolute atomic E-state index is 0.559. The first-order chi connectivity index (χ1) is 7.24. The molecule has 1 saturated carbocycles. The molecule has 1 heterocycles. The van der Waals surface area contributed by atoms with Crippen LogP contribution in [0.1, 0.15) is 32.6 Å². The summed E-state index contributed by atoms with van der Waals surface area (Å²) in [7, 11) is 0. The summed E-state index contributed by atoms with van der Waals surface area (Å²) in [6, 6.07) is 4.47. The Hall–Kier alpha value is -0.760. The second-order valence-corrected chi connectivity index (χ2v) is 4.87. The number of anilines is 1. The van der Waals surface area contributed by atoms with Crippen molar-refractivity contribution in [2.45, 2.75) is 38.6 Å². The van der Waals surface area contributed by atoms with Crippen LogP contribution in [0.25, 0.3) is 0 Å². The molecule has 1 N–H and O–H groups in total. The molecule has 0 aromatic carbocycles. The first kappa shape index (κ1) is 10.7. The molecule has 0 amide bonds. The minimum Gasteiger partial charge on any atom is -0.382 e. The fourth-order valence-corrected chi connectivity index (χ4v) is 2.47. The number of halogens is 1. The zero-order chi connectivity index (χ0) is 10.7. The lowest BCUT2D eigenvalue weighted by Crippen LogP contribution is -2.26. The number of hydrogen-bond donors (Lipinski definition) is 1. The van der Waals surface area contributed by atoms with Gasteiger partial charge in [-0.15, -0.1) is 0 Å². The molecule has 2 unspecified atom stereocenters. The predicted molar refractivity (Wildman–Crippen MR) is 64.3 cm³/mol. The fraction of sp³-hybridized carbons (Fsp3) is 0.583. The van der Waals surface area contributed by atoms with Crippen molar-refractivity contribution < 1.29 is 0 Å². The van der Waals surface area contributed by atoms with E-state index in [1.165, 1.54) is 25.7 Å². The van der Waals surface area contributed by atoms with Gasteiger partial charge in [-0.3, -0.25) is 0 Å². The Morgan fingerprint density at radius 3 is 3.07 bits per heavy atom. The summed E-state index contributed by atoms with van der Waals surface area (Å²) < 4.78 is 0. The molecule has 2 nitrogen and oxygen atoms in total. The summed E-state index contributed by atoms with van der Waals surface area (Å²) in [4.78, 5) is 3.97. The van der Waals surface area contributed by atoms with E-state index in [1.807, 2.05) is 12.1 Å². The van der Waals surface area contributed by atoms with Gasteiger partial charge < -0.3 is 5.32 Å². The predicted octanol–water partition coefficient (Wildman–Crippen LogP) is 3.73. The average molecular weight is 225 g/mol. The maximum Gasteiger partial charge on any atom is 0.131 e. The quantitative estimate of drug-likeness (QED) is 0.775. The topological polar surface area (TPSA) is 24.9 Å². The minimum atomic E-state index is 0.559. The molecule has 0 aliphatic heterocycles. The van der Waals surface area contributed by atoms with Gasteiger partial charge in [0, 0.05) is 17.9 Å². The van der Waals surface area contributed by atoms with Crippen molar-refractivity contribution in [3.63, 3.8) is 0 Å². The van der Waals surface area contributed by atoms with Gasteiger partial charge in [-0.25, -0.2) is 4.98 Å². The normalized spacial score (nSPS) is 26.3. The summed E-state index contributed by atoms with van der Waals surface area (Å²) in [5.41, 5.74) is 1.09. The van der Waals surface area contributed by atoms with E-state index in [0.29, 0.717) is 11.2 Å². The van der Waals surface area contributed by atoms with Gasteiger partial charge in [0.15, 0.2) is 0 Å². The van der Waals surface area contributed by atoms with Crippen LogP contribution in [0.15, 0.2) is 18.3 Å². The van der Waals surface area contributed by atoms with E-state index in [-0.39, 0.29) is 0 Å². The lowest BCUT2D eigenvalue weighted by Gasteiger charge is -2.28. The van der Waals surface area contributed by atoms with E-state index in [4.69, 9.17) is 11.6 Å². The number of rotatable bonds is 2. The zero-order valence-electron chi connectivity index (χ0n) is 9.04. The SMILES string of the molecule is CC1CCCC(Nc2ccnc(Cl)c2)C1. The Morgan fingerprint density at radius 2 is 2.33 bits per heavy atom. The third kappa shape index (κ3) is 3.10. The number of hydrogen-bond acceptors (Lipinski definition) is 2. The van der Waals surface area contributed by atoms with Crippen LogP contribution in [0.4, 0.5) is 5.69 Å². The smallest absolute Gasteiger partial charge is 0.131 e. The van der Waals surface area contributed by atoms with Gasteiger partial charge in [-0.05, 0) is 30.9 Å². The van der Waals surface area contributed by atoms with Crippen LogP contribution in [-0.4, -0.2) is 11.0 Å². The molecule has 0 bridgehead atoms. The van der Waals surface area contributed by atoms with Gasteiger partial charge in [0.05, 0.1) is 0 Å². The molecule has 3 heteroatoms. The van der Waals surface area contributed by atoms with Crippen molar-refractivity contribution in [3.05, 3.63) is 23.5 Å². The van der Waals surface area contributed by atoms with Gasteiger partial charge in [-0.1, -0.05) is 31.4 Å². The van der Waals surface area contributed by atoms with Gasteiger partial charge in [0.25, 0.3) is 0 Å². The fourth-order valence-electron chi connectivity index (χ4n) is 2.29. The van der Waals surface area contributed by atoms with Gasteiger partial charge in [-0.2, -0.15) is 0 Å². The maximum absolute atomic E-state index is 5.84. The lowest BCUT2D eigenvalue weighted by atomic mass is 9.87. The van der Waals surface area contributed by atoms with E-state index in [9.17, 15) is 0 Å². The Balaban J connectivity index is 1.96. The molecular weight excluding hydrogens is 208 g/mol. The molecule has 2 rings (SSSR count). The highest BCUT2D eigenvalue weighted by Crippen LogP contribution is 2.26. The molecule has 0 spiro atoms. The molecule has 1 aliphatic carbocycles. The van der Waals surface area contributed by atoms with Gasteiger partial charge in [0.1, 0.15) is 5.15 Å². The molecule has 1 aromatic rings. The van der Waals surface area contributed by atoms with E-state index in [0.717, 1.165) is 11.6 Å². The monoisotopic (exact) mass is 224 g/mol. The first-order valence-electron chi connectivity index (χ1n) is 5.62. The van der Waals surface area contributed by atoms with Crippen LogP contribution in [-0.2, 0) is 0 Å². The average Bonchev–Trinajstić information content (AvgIpc) is 2.17. The molecule has 1 aliphatic rings. The second-order valence-electron chi connectivity index (χ2n) is 4.48. The van der Waals surface area contributed by atoms with Crippen molar-refractivity contribution in [1.82, 2.24) is 4.98 Å². The van der Waals surface area contributed by atoms with Crippen LogP contribution in [0.2, 0.25) is 5.15 Å². The molecule has 2 atom stereocenters. The van der Waals surface area contributed by atoms with E-state index >= 15 is 0 Å². The van der Waals surface area contributed by atoms with Gasteiger partial charge >= 0.3 is 0 Å². The van der Waals surface area contributed by atoms with Crippen LogP contribution < -0.4 is 5.32 Å². The summed E-state index contributed by atoms with van der Waals surface area (Å²) in [6.07, 6.45) is 6.98. The molecule has 1 aromatic heterocycles. The lowest BCUT2D eigenvalue weighted by molar-refractivity contribution is 0.358. The van der Waals surface area contributed by atoms with Gasteiger partial charge in [0.2, 0.25) is 0 Å². The summed E-state index contributed by atoms with van der Waals surface area (Å²) in [5.74, 6) is 0.841. The molecular formula is C12H17ClN2. The van der Waals surface area contributed by atoms with E-state index in [1.54, 1.807) is 6.20 Å². The van der Waals surface area contributed by atoms with Crippen LogP contribution in [0.3, 0.4) is 0 Å².